The molecule has 9 heteroatoms. The van der Waals surface area contributed by atoms with Gasteiger partial charge in [-0.2, -0.15) is 0 Å². The van der Waals surface area contributed by atoms with Gasteiger partial charge in [0.25, 0.3) is 0 Å². The van der Waals surface area contributed by atoms with Crippen LogP contribution in [0.2, 0.25) is 0 Å². The summed E-state index contributed by atoms with van der Waals surface area (Å²) in [6.45, 7) is 1.42. The van der Waals surface area contributed by atoms with E-state index in [1.54, 1.807) is 0 Å². The van der Waals surface area contributed by atoms with Crippen LogP contribution in [0.15, 0.2) is 0 Å². The van der Waals surface area contributed by atoms with Gasteiger partial charge in [-0.25, -0.2) is 0 Å². The molecule has 1 rings (SSSR count). The average Bonchev–Trinajstić information content (AvgIpc) is 2.17. The maximum absolute atomic E-state index is 9.10. The summed E-state index contributed by atoms with van der Waals surface area (Å²) in [5.74, 6) is 0. The van der Waals surface area contributed by atoms with Crippen LogP contribution in [0.5, 0.6) is 0 Å². The van der Waals surface area contributed by atoms with Crippen LogP contribution < -0.4 is 0 Å². The van der Waals surface area contributed by atoms with Gasteiger partial charge < -0.3 is 25.2 Å². The standard InChI is InChI=1S/C6H12O5.4Ac/c1-2(7)5-3(8)4(9)6(10)11-5;;;;/h2-10H,1H3;;;;/t2-,3+,4?,5-,6+;;;;/m0..../s1. The molecule has 0 aromatic rings. The Morgan fingerprint density at radius 3 is 1.47 bits per heavy atom. The van der Waals surface area contributed by atoms with Crippen LogP contribution >= 0.6 is 0 Å². The van der Waals surface area contributed by atoms with E-state index < -0.39 is 30.7 Å². The monoisotopic (exact) mass is 1070 g/mol. The van der Waals surface area contributed by atoms with Crippen molar-refractivity contribution in [2.75, 3.05) is 0 Å². The van der Waals surface area contributed by atoms with E-state index in [0.29, 0.717) is 0 Å². The van der Waals surface area contributed by atoms with E-state index in [9.17, 15) is 0 Å². The van der Waals surface area contributed by atoms with Gasteiger partial charge in [-0.05, 0) is 6.92 Å². The second kappa shape index (κ2) is 14.5. The van der Waals surface area contributed by atoms with Crippen LogP contribution in [0, 0.1) is 176 Å². The third-order valence-electron chi connectivity index (χ3n) is 1.75. The van der Waals surface area contributed by atoms with E-state index in [1.807, 2.05) is 0 Å². The first-order valence-corrected chi connectivity index (χ1v) is 3.41. The number of ether oxygens (including phenoxy) is 1. The van der Waals surface area contributed by atoms with Gasteiger partial charge in [0.1, 0.15) is 18.3 Å². The normalized spacial score (nSPS) is 35.0. The molecular formula is C6H12Ac4O5. The van der Waals surface area contributed by atoms with Gasteiger partial charge in [-0.3, -0.25) is 0 Å². The first-order valence-electron chi connectivity index (χ1n) is 3.41. The van der Waals surface area contributed by atoms with Gasteiger partial charge in [-0.15, -0.1) is 0 Å². The Labute approximate surface area is 232 Å². The molecule has 0 aromatic carbocycles. The van der Waals surface area contributed by atoms with Crippen molar-refractivity contribution in [2.45, 2.75) is 37.6 Å². The van der Waals surface area contributed by atoms with Crippen molar-refractivity contribution in [3.05, 3.63) is 0 Å². The summed E-state index contributed by atoms with van der Waals surface area (Å²) in [6, 6.07) is 0. The van der Waals surface area contributed by atoms with E-state index in [4.69, 9.17) is 20.4 Å². The summed E-state index contributed by atoms with van der Waals surface area (Å²) in [6.07, 6.45) is -5.75. The average molecular weight is 1070 g/mol. The molecule has 0 spiro atoms. The van der Waals surface area contributed by atoms with Crippen molar-refractivity contribution in [1.29, 1.82) is 0 Å². The van der Waals surface area contributed by atoms with Crippen molar-refractivity contribution in [3.8, 4) is 0 Å². The minimum absolute atomic E-state index is 0. The molecule has 0 aromatic heterocycles. The van der Waals surface area contributed by atoms with E-state index in [1.165, 1.54) is 6.92 Å². The predicted octanol–water partition coefficient (Wildman–Crippen LogP) is -2.19. The molecular weight excluding hydrogens is 1060 g/mol. The topological polar surface area (TPSA) is 90.2 Å². The summed E-state index contributed by atoms with van der Waals surface area (Å²) < 4.78 is 4.65. The Morgan fingerprint density at radius 1 is 0.933 bits per heavy atom. The SMILES string of the molecule is C[C@H](O)[C@@H]1O[C@@H](O)C(O)[C@H]1O.[Ac].[Ac].[Ac].[Ac]. The van der Waals surface area contributed by atoms with Crippen LogP contribution in [0.3, 0.4) is 0 Å². The summed E-state index contributed by atoms with van der Waals surface area (Å²) in [4.78, 5) is 0. The molecule has 0 bridgehead atoms. The number of aliphatic hydroxyl groups excluding tert-OH is 4. The molecule has 1 fully saturated rings. The Balaban J connectivity index is -0.000000151. The molecule has 4 N–H and O–H groups in total. The molecule has 0 amide bonds. The number of hydrogen-bond acceptors (Lipinski definition) is 5. The number of aliphatic hydroxyl groups is 4. The molecule has 5 atom stereocenters. The van der Waals surface area contributed by atoms with Crippen molar-refractivity contribution in [1.82, 2.24) is 0 Å². The van der Waals surface area contributed by atoms with E-state index in [-0.39, 0.29) is 176 Å². The zero-order chi connectivity index (χ0) is 8.59. The summed E-state index contributed by atoms with van der Waals surface area (Å²) in [5, 5.41) is 35.8. The van der Waals surface area contributed by atoms with Crippen LogP contribution in [0.4, 0.5) is 0 Å². The molecule has 1 heterocycles. The number of rotatable bonds is 1. The van der Waals surface area contributed by atoms with Gasteiger partial charge in [0.05, 0.1) is 6.10 Å². The third kappa shape index (κ3) is 9.24. The van der Waals surface area contributed by atoms with Crippen LogP contribution in [0.25, 0.3) is 0 Å². The smallest absolute Gasteiger partial charge is 0.184 e. The van der Waals surface area contributed by atoms with Gasteiger partial charge in [0, 0.05) is 176 Å². The first kappa shape index (κ1) is 28.7. The Bertz CT molecular complexity index is 149. The van der Waals surface area contributed by atoms with Crippen LogP contribution in [0.1, 0.15) is 6.92 Å². The minimum Gasteiger partial charge on any atom is -0.391 e. The maximum atomic E-state index is 9.10. The third-order valence-corrected chi connectivity index (χ3v) is 1.75. The van der Waals surface area contributed by atoms with Gasteiger partial charge in [0.15, 0.2) is 6.29 Å². The summed E-state index contributed by atoms with van der Waals surface area (Å²) in [5.41, 5.74) is 0. The molecule has 1 aliphatic rings. The number of hydrogen-bond donors (Lipinski definition) is 4. The Morgan fingerprint density at radius 2 is 1.33 bits per heavy atom. The largest absolute Gasteiger partial charge is 0.391 e. The Kier molecular flexibility index (Phi) is 27.7. The molecule has 0 aliphatic carbocycles. The maximum Gasteiger partial charge on any atom is 0.184 e. The van der Waals surface area contributed by atoms with Gasteiger partial charge in [0.2, 0.25) is 0 Å². The van der Waals surface area contributed by atoms with Crippen molar-refractivity contribution in [3.63, 3.8) is 0 Å². The van der Waals surface area contributed by atoms with E-state index in [0.717, 1.165) is 0 Å². The molecule has 78 valence electrons. The minimum atomic E-state index is -1.40. The van der Waals surface area contributed by atoms with Crippen molar-refractivity contribution >= 4 is 0 Å². The van der Waals surface area contributed by atoms with Crippen LogP contribution in [-0.2, 0) is 4.74 Å². The van der Waals surface area contributed by atoms with Crippen molar-refractivity contribution < 1.29 is 201 Å². The molecule has 15 heavy (non-hydrogen) atoms. The summed E-state index contributed by atoms with van der Waals surface area (Å²) >= 11 is 0. The summed E-state index contributed by atoms with van der Waals surface area (Å²) in [7, 11) is 0. The molecule has 1 aliphatic heterocycles. The zero-order valence-corrected chi connectivity index (χ0v) is 27.4. The molecule has 1 unspecified atom stereocenters. The fourth-order valence-electron chi connectivity index (χ4n) is 1.08. The second-order valence-electron chi connectivity index (χ2n) is 2.71. The van der Waals surface area contributed by atoms with E-state index >= 15 is 0 Å². The fourth-order valence-corrected chi connectivity index (χ4v) is 1.08. The van der Waals surface area contributed by atoms with Crippen LogP contribution in [-0.4, -0.2) is 51.1 Å². The molecule has 4 radical (unpaired) electrons. The second-order valence-corrected chi connectivity index (χ2v) is 2.71. The zero-order valence-electron chi connectivity index (χ0n) is 8.39. The quantitative estimate of drug-likeness (QED) is 0.240. The van der Waals surface area contributed by atoms with Gasteiger partial charge >= 0.3 is 0 Å². The van der Waals surface area contributed by atoms with Gasteiger partial charge in [-0.1, -0.05) is 0 Å². The predicted molar refractivity (Wildman–Crippen MR) is 34.6 cm³/mol. The molecule has 1 saturated heterocycles. The molecule has 5 nitrogen and oxygen atoms in total. The first-order chi connectivity index (χ1) is 5.04. The van der Waals surface area contributed by atoms with Crippen molar-refractivity contribution in [2.24, 2.45) is 0 Å². The van der Waals surface area contributed by atoms with E-state index in [2.05, 4.69) is 4.74 Å². The fraction of sp³-hybridized carbons (Fsp3) is 1.00. The molecule has 0 saturated carbocycles. The Hall–Kier alpha value is 5.57.